The normalized spacial score (nSPS) is 16.9. The Hall–Kier alpha value is -2.29. The van der Waals surface area contributed by atoms with Gasteiger partial charge in [0, 0.05) is 57.2 Å². The van der Waals surface area contributed by atoms with Crippen molar-refractivity contribution in [3.05, 3.63) is 58.1 Å². The van der Waals surface area contributed by atoms with E-state index in [0.717, 1.165) is 56.9 Å². The molecule has 2 heterocycles. The highest BCUT2D eigenvalue weighted by Gasteiger charge is 2.24. The molecule has 0 atom stereocenters. The van der Waals surface area contributed by atoms with Crippen LogP contribution >= 0.6 is 23.2 Å². The van der Waals surface area contributed by atoms with Crippen LogP contribution in [0.1, 0.15) is 33.6 Å². The van der Waals surface area contributed by atoms with Crippen LogP contribution in [0.2, 0.25) is 10.0 Å². The summed E-state index contributed by atoms with van der Waals surface area (Å²) in [6.45, 7) is 12.2. The number of anilines is 2. The molecule has 0 aliphatic carbocycles. The summed E-state index contributed by atoms with van der Waals surface area (Å²) in [7, 11) is 0. The molecule has 1 amide bonds. The van der Waals surface area contributed by atoms with E-state index in [4.69, 9.17) is 27.9 Å². The Labute approximate surface area is 228 Å². The Morgan fingerprint density at radius 1 is 0.811 bits per heavy atom. The van der Waals surface area contributed by atoms with Crippen molar-refractivity contribution in [2.24, 2.45) is 0 Å². The van der Waals surface area contributed by atoms with Gasteiger partial charge in [-0.1, -0.05) is 23.2 Å². The van der Waals surface area contributed by atoms with Gasteiger partial charge >= 0.3 is 6.09 Å². The molecule has 0 spiro atoms. The van der Waals surface area contributed by atoms with Crippen LogP contribution in [0.5, 0.6) is 0 Å². The number of hydrogen-bond acceptors (Lipinski definition) is 5. The minimum absolute atomic E-state index is 0.116. The number of carbonyl (C=O) groups is 1. The average molecular weight is 558 g/mol. The standard InChI is InChI=1S/C16H22ClFN2O2.C11H14ClFN2/c1-16(2,3)22-15(21)20-8-4-7-19(9-10-20)12-5-6-14(18)13(17)11-12;12-10-8-9(2-3-11(10)13)15-6-1-4-14-5-7-15/h5-6,11H,4,7-10H2,1-3H3;2-3,8,14H,1,4-7H2. The van der Waals surface area contributed by atoms with E-state index in [2.05, 4.69) is 15.1 Å². The first-order chi connectivity index (χ1) is 17.5. The maximum atomic E-state index is 13.3. The van der Waals surface area contributed by atoms with E-state index in [-0.39, 0.29) is 22.0 Å². The molecule has 0 bridgehead atoms. The smallest absolute Gasteiger partial charge is 0.410 e. The molecule has 204 valence electrons. The van der Waals surface area contributed by atoms with Gasteiger partial charge in [-0.15, -0.1) is 0 Å². The van der Waals surface area contributed by atoms with Gasteiger partial charge < -0.3 is 24.8 Å². The number of ether oxygens (including phenoxy) is 1. The lowest BCUT2D eigenvalue weighted by atomic mass is 10.2. The highest BCUT2D eigenvalue weighted by Crippen LogP contribution is 2.24. The number of nitrogens with zero attached hydrogens (tertiary/aromatic N) is 3. The molecular weight excluding hydrogens is 521 g/mol. The SMILES string of the molecule is CC(C)(C)OC(=O)N1CCCN(c2ccc(F)c(Cl)c2)CC1.Fc1ccc(N2CCCNCC2)cc1Cl. The summed E-state index contributed by atoms with van der Waals surface area (Å²) in [4.78, 5) is 18.2. The monoisotopic (exact) mass is 556 g/mol. The van der Waals surface area contributed by atoms with Crippen molar-refractivity contribution in [3.63, 3.8) is 0 Å². The van der Waals surface area contributed by atoms with E-state index in [0.29, 0.717) is 19.6 Å². The summed E-state index contributed by atoms with van der Waals surface area (Å²) in [5.74, 6) is -0.774. The summed E-state index contributed by atoms with van der Waals surface area (Å²) >= 11 is 11.6. The predicted molar refractivity (Wildman–Crippen MR) is 147 cm³/mol. The van der Waals surface area contributed by atoms with Crippen LogP contribution < -0.4 is 15.1 Å². The van der Waals surface area contributed by atoms with Gasteiger partial charge in [0.1, 0.15) is 17.2 Å². The zero-order valence-electron chi connectivity index (χ0n) is 21.7. The molecule has 2 aromatic rings. The van der Waals surface area contributed by atoms with E-state index >= 15 is 0 Å². The molecule has 6 nitrogen and oxygen atoms in total. The molecule has 0 radical (unpaired) electrons. The Balaban J connectivity index is 0.000000220. The molecule has 37 heavy (non-hydrogen) atoms. The number of nitrogens with one attached hydrogen (secondary N) is 1. The summed E-state index contributed by atoms with van der Waals surface area (Å²) in [5, 5.41) is 3.64. The van der Waals surface area contributed by atoms with Gasteiger partial charge in [0.2, 0.25) is 0 Å². The molecule has 0 aromatic heterocycles. The van der Waals surface area contributed by atoms with E-state index < -0.39 is 11.4 Å². The third-order valence-electron chi connectivity index (χ3n) is 6.02. The molecule has 0 unspecified atom stereocenters. The largest absolute Gasteiger partial charge is 0.444 e. The topological polar surface area (TPSA) is 48.1 Å². The molecule has 4 rings (SSSR count). The first kappa shape index (κ1) is 29.3. The van der Waals surface area contributed by atoms with Crippen LogP contribution in [-0.2, 0) is 4.74 Å². The van der Waals surface area contributed by atoms with Crippen molar-refractivity contribution in [2.45, 2.75) is 39.2 Å². The lowest BCUT2D eigenvalue weighted by Crippen LogP contribution is -2.39. The zero-order chi connectivity index (χ0) is 27.0. The third kappa shape index (κ3) is 9.20. The molecular formula is C27H36Cl2F2N4O2. The van der Waals surface area contributed by atoms with Gasteiger partial charge in [0.25, 0.3) is 0 Å². The molecule has 10 heteroatoms. The molecule has 2 aromatic carbocycles. The van der Waals surface area contributed by atoms with Gasteiger partial charge in [0.15, 0.2) is 0 Å². The Kier molecular flexibility index (Phi) is 10.7. The second-order valence-corrected chi connectivity index (χ2v) is 10.9. The van der Waals surface area contributed by atoms with Crippen molar-refractivity contribution in [1.82, 2.24) is 10.2 Å². The first-order valence-corrected chi connectivity index (χ1v) is 13.4. The van der Waals surface area contributed by atoms with E-state index in [1.165, 1.54) is 12.1 Å². The van der Waals surface area contributed by atoms with Gasteiger partial charge in [-0.3, -0.25) is 0 Å². The van der Waals surface area contributed by atoms with Gasteiger partial charge in [0.05, 0.1) is 10.0 Å². The van der Waals surface area contributed by atoms with Crippen molar-refractivity contribution >= 4 is 40.7 Å². The molecule has 0 saturated carbocycles. The highest BCUT2D eigenvalue weighted by atomic mass is 35.5. The van der Waals surface area contributed by atoms with Gasteiger partial charge in [-0.25, -0.2) is 13.6 Å². The lowest BCUT2D eigenvalue weighted by Gasteiger charge is -2.27. The first-order valence-electron chi connectivity index (χ1n) is 12.6. The van der Waals surface area contributed by atoms with Gasteiger partial charge in [-0.05, 0) is 76.6 Å². The number of benzene rings is 2. The van der Waals surface area contributed by atoms with E-state index in [1.807, 2.05) is 20.8 Å². The Morgan fingerprint density at radius 2 is 1.38 bits per heavy atom. The second kappa shape index (κ2) is 13.5. The fourth-order valence-corrected chi connectivity index (χ4v) is 4.50. The van der Waals surface area contributed by atoms with Crippen molar-refractivity contribution < 1.29 is 18.3 Å². The van der Waals surface area contributed by atoms with Crippen LogP contribution in [0.4, 0.5) is 25.0 Å². The third-order valence-corrected chi connectivity index (χ3v) is 6.60. The molecule has 2 saturated heterocycles. The summed E-state index contributed by atoms with van der Waals surface area (Å²) in [6.07, 6.45) is 1.65. The summed E-state index contributed by atoms with van der Waals surface area (Å²) in [6, 6.07) is 9.61. The predicted octanol–water partition coefficient (Wildman–Crippen LogP) is 6.21. The van der Waals surface area contributed by atoms with Crippen LogP contribution in [-0.4, -0.2) is 69.0 Å². The highest BCUT2D eigenvalue weighted by molar-refractivity contribution is 6.31. The van der Waals surface area contributed by atoms with Gasteiger partial charge in [-0.2, -0.15) is 0 Å². The number of rotatable bonds is 2. The van der Waals surface area contributed by atoms with Crippen LogP contribution in [0.3, 0.4) is 0 Å². The minimum Gasteiger partial charge on any atom is -0.444 e. The van der Waals surface area contributed by atoms with Crippen LogP contribution in [0, 0.1) is 11.6 Å². The average Bonchev–Trinajstić information content (AvgIpc) is 3.26. The van der Waals surface area contributed by atoms with Crippen LogP contribution in [0.25, 0.3) is 0 Å². The number of amides is 1. The van der Waals surface area contributed by atoms with Crippen molar-refractivity contribution in [1.29, 1.82) is 0 Å². The molecule has 2 aliphatic rings. The maximum absolute atomic E-state index is 13.3. The minimum atomic E-state index is -0.493. The number of carbonyl (C=O) groups excluding carboxylic acids is 1. The van der Waals surface area contributed by atoms with Crippen LogP contribution in [0.15, 0.2) is 36.4 Å². The van der Waals surface area contributed by atoms with E-state index in [1.54, 1.807) is 29.2 Å². The van der Waals surface area contributed by atoms with E-state index in [9.17, 15) is 13.6 Å². The molecule has 1 N–H and O–H groups in total. The number of hydrogen-bond donors (Lipinski definition) is 1. The summed E-state index contributed by atoms with van der Waals surface area (Å²) < 4.78 is 31.6. The fourth-order valence-electron chi connectivity index (χ4n) is 4.15. The lowest BCUT2D eigenvalue weighted by molar-refractivity contribution is 0.0263. The number of halogens is 4. The quantitative estimate of drug-likeness (QED) is 0.476. The molecule has 2 fully saturated rings. The zero-order valence-corrected chi connectivity index (χ0v) is 23.2. The fraction of sp³-hybridized carbons (Fsp3) is 0.519. The van der Waals surface area contributed by atoms with Crippen molar-refractivity contribution in [2.75, 3.05) is 62.2 Å². The second-order valence-electron chi connectivity index (χ2n) is 10.1. The summed E-state index contributed by atoms with van der Waals surface area (Å²) in [5.41, 5.74) is 1.38. The Bertz CT molecular complexity index is 1040. The Morgan fingerprint density at radius 3 is 1.95 bits per heavy atom. The van der Waals surface area contributed by atoms with Crippen molar-refractivity contribution in [3.8, 4) is 0 Å². The maximum Gasteiger partial charge on any atom is 0.410 e. The molecule has 2 aliphatic heterocycles.